The molecular formula is C7H16NO3Si. The number of rotatable bonds is 0. The van der Waals surface area contributed by atoms with E-state index in [1.165, 1.54) is 0 Å². The van der Waals surface area contributed by atoms with Crippen LogP contribution in [-0.2, 0) is 8.85 Å². The van der Waals surface area contributed by atoms with E-state index in [1.54, 1.807) is 0 Å². The predicted molar refractivity (Wildman–Crippen MR) is 45.5 cm³/mol. The van der Waals surface area contributed by atoms with Gasteiger partial charge in [0.25, 0.3) is 0 Å². The van der Waals surface area contributed by atoms with Crippen LogP contribution >= 0.6 is 0 Å². The van der Waals surface area contributed by atoms with Crippen LogP contribution in [0.5, 0.6) is 0 Å². The van der Waals surface area contributed by atoms with Crippen molar-refractivity contribution in [1.82, 2.24) is 0 Å². The van der Waals surface area contributed by atoms with Crippen LogP contribution in [0.4, 0.5) is 0 Å². The molecule has 0 aromatic heterocycles. The van der Waals surface area contributed by atoms with Gasteiger partial charge in [0.05, 0.1) is 0 Å². The molecule has 0 aliphatic carbocycles. The van der Waals surface area contributed by atoms with Gasteiger partial charge in [0.2, 0.25) is 0 Å². The fourth-order valence-corrected chi connectivity index (χ4v) is 7.70. The fourth-order valence-electron chi connectivity index (χ4n) is 3.06. The number of hydrogen-bond donors (Lipinski definition) is 0. The van der Waals surface area contributed by atoms with E-state index >= 15 is 0 Å². The molecule has 0 aromatic rings. The zero-order valence-corrected chi connectivity index (χ0v) is 8.45. The van der Waals surface area contributed by atoms with Gasteiger partial charge in [0, 0.05) is 0 Å². The van der Waals surface area contributed by atoms with Gasteiger partial charge in [-0.3, -0.25) is 0 Å². The average Bonchev–Trinajstić information content (AvgIpc) is 2.43. The van der Waals surface area contributed by atoms with Crippen LogP contribution in [-0.4, -0.2) is 56.3 Å². The Kier molecular flexibility index (Phi) is 1.11. The summed E-state index contributed by atoms with van der Waals surface area (Å²) in [7, 11) is -2.75. The summed E-state index contributed by atoms with van der Waals surface area (Å²) in [6.07, 6.45) is 0. The Labute approximate surface area is 72.5 Å². The van der Waals surface area contributed by atoms with E-state index in [9.17, 15) is 0 Å². The Bertz CT molecular complexity index is 213. The number of aliphatic hydroxyl groups is 1. The second-order valence-corrected chi connectivity index (χ2v) is 8.95. The topological polar surface area (TPSA) is 31.3 Å². The summed E-state index contributed by atoms with van der Waals surface area (Å²) >= 11 is 0. The van der Waals surface area contributed by atoms with Gasteiger partial charge in [-0.05, 0) is 0 Å². The van der Waals surface area contributed by atoms with E-state index in [0.29, 0.717) is 0 Å². The molecule has 3 fully saturated rings. The zero-order chi connectivity index (χ0) is 8.31. The third-order valence-electron chi connectivity index (χ3n) is 3.98. The molecule has 3 aliphatic heterocycles. The molecule has 0 bridgehead atoms. The molecule has 12 heavy (non-hydrogen) atoms. The second-order valence-electron chi connectivity index (χ2n) is 4.30. The number of nitrogens with zero attached hydrogens (tertiary/aromatic N) is 1. The van der Waals surface area contributed by atoms with Gasteiger partial charge in [-0.2, -0.15) is 0 Å². The molecule has 0 unspecified atom stereocenters. The molecule has 1 N–H and O–H groups in total. The molecule has 0 spiro atoms. The van der Waals surface area contributed by atoms with Crippen molar-refractivity contribution < 1.29 is 17.4 Å². The molecule has 4 nitrogen and oxygen atoms in total. The summed E-state index contributed by atoms with van der Waals surface area (Å²) in [4.78, 5) is 0. The molecule has 71 valence electrons. The quantitative estimate of drug-likeness (QED) is 0.378. The molecule has 0 aromatic carbocycles. The van der Waals surface area contributed by atoms with Crippen molar-refractivity contribution in [3.05, 3.63) is 0 Å². The van der Waals surface area contributed by atoms with Gasteiger partial charge < -0.3 is 0 Å². The summed E-state index contributed by atoms with van der Waals surface area (Å²) in [5.74, 6) is 0. The van der Waals surface area contributed by atoms with Crippen LogP contribution in [0, 0.1) is 0 Å². The summed E-state index contributed by atoms with van der Waals surface area (Å²) in [6.45, 7) is 8.24. The van der Waals surface area contributed by atoms with Crippen molar-refractivity contribution in [3.63, 3.8) is 0 Å². The van der Waals surface area contributed by atoms with Gasteiger partial charge >= 0.3 is 71.7 Å². The minimum atomic E-state index is -2.75. The van der Waals surface area contributed by atoms with Gasteiger partial charge in [-0.15, -0.1) is 0 Å². The molecule has 0 radical (unpaired) electrons. The molecule has 0 atom stereocenters. The molecule has 3 saturated heterocycles. The maximum absolute atomic E-state index is 5.90. The average molecular weight is 190 g/mol. The van der Waals surface area contributed by atoms with Gasteiger partial charge in [-0.1, -0.05) is 0 Å². The van der Waals surface area contributed by atoms with Crippen LogP contribution in [0.1, 0.15) is 0 Å². The Morgan fingerprint density at radius 2 is 1.83 bits per heavy atom. The summed E-state index contributed by atoms with van der Waals surface area (Å²) in [5.41, 5.74) is 0. The van der Waals surface area contributed by atoms with Crippen molar-refractivity contribution in [2.75, 3.05) is 39.5 Å². The van der Waals surface area contributed by atoms with Crippen molar-refractivity contribution in [1.29, 1.82) is 0 Å². The van der Waals surface area contributed by atoms with Crippen LogP contribution in [0.25, 0.3) is 0 Å². The molecule has 3 aliphatic rings. The van der Waals surface area contributed by atoms with E-state index in [-0.39, 0.29) is 0 Å². The summed E-state index contributed by atoms with van der Waals surface area (Å²) in [6, 6.07) is 0. The monoisotopic (exact) mass is 190 g/mol. The summed E-state index contributed by atoms with van der Waals surface area (Å²) < 4.78 is 17.6. The first-order valence-corrected chi connectivity index (χ1v) is 7.41. The van der Waals surface area contributed by atoms with Gasteiger partial charge in [0.1, 0.15) is 0 Å². The number of quaternary nitrogens is 1. The Morgan fingerprint density at radius 3 is 2.42 bits per heavy atom. The van der Waals surface area contributed by atoms with E-state index in [1.807, 2.05) is 0 Å². The zero-order valence-electron chi connectivity index (χ0n) is 7.45. The first kappa shape index (κ1) is 7.46. The van der Waals surface area contributed by atoms with Crippen LogP contribution in [0.3, 0.4) is 0 Å². The SMILES string of the molecule is C[Si-2]123OCC[N+]1(CCO2)CC[OH+]3. The first-order chi connectivity index (χ1) is 5.68. The summed E-state index contributed by atoms with van der Waals surface area (Å²) in [5, 5.41) is 0. The Hall–Kier alpha value is 0.0569. The first-order valence-electron chi connectivity index (χ1n) is 4.70. The second kappa shape index (κ2) is 1.78. The van der Waals surface area contributed by atoms with Gasteiger partial charge in [-0.25, -0.2) is 0 Å². The Balaban J connectivity index is 2.17. The van der Waals surface area contributed by atoms with Gasteiger partial charge in [0.15, 0.2) is 0 Å². The van der Waals surface area contributed by atoms with E-state index < -0.39 is 8.24 Å². The normalized spacial score (nSPS) is 50.9. The van der Waals surface area contributed by atoms with Crippen LogP contribution < -0.4 is 0 Å². The van der Waals surface area contributed by atoms with E-state index in [4.69, 9.17) is 13.3 Å². The fraction of sp³-hybridized carbons (Fsp3) is 1.00. The standard InChI is InChI=1S/C7H16NO3Si/c1-12-8(2-5-9-12,3-6-10-12)4-7-11-12/h9H,2-7H2,1H3. The number of hydrogen-bond acceptors (Lipinski definition) is 2. The van der Waals surface area contributed by atoms with Crippen molar-refractivity contribution >= 4 is 8.24 Å². The van der Waals surface area contributed by atoms with Crippen molar-refractivity contribution in [2.45, 2.75) is 6.55 Å². The maximum atomic E-state index is 5.90. The van der Waals surface area contributed by atoms with E-state index in [2.05, 4.69) is 6.55 Å². The molecule has 3 heterocycles. The van der Waals surface area contributed by atoms with Crippen molar-refractivity contribution in [3.8, 4) is 0 Å². The molecule has 0 saturated carbocycles. The van der Waals surface area contributed by atoms with E-state index in [0.717, 1.165) is 43.6 Å². The molecule has 0 amide bonds. The van der Waals surface area contributed by atoms with Crippen LogP contribution in [0.15, 0.2) is 0 Å². The third kappa shape index (κ3) is 0.541. The molecule has 5 heteroatoms. The molecular weight excluding hydrogens is 174 g/mol. The Morgan fingerprint density at radius 1 is 1.17 bits per heavy atom. The predicted octanol–water partition coefficient (Wildman–Crippen LogP) is -0.575. The van der Waals surface area contributed by atoms with Crippen LogP contribution in [0.2, 0.25) is 6.55 Å². The van der Waals surface area contributed by atoms with Crippen molar-refractivity contribution in [2.24, 2.45) is 0 Å². The minimum absolute atomic E-state index is 0.855. The molecule has 3 rings (SSSR count). The third-order valence-corrected chi connectivity index (χ3v) is 9.47.